The summed E-state index contributed by atoms with van der Waals surface area (Å²) in [5.74, 6) is -0.534. The number of unbranched alkanes of at least 4 members (excludes halogenated alkanes) is 6. The summed E-state index contributed by atoms with van der Waals surface area (Å²) >= 11 is 0. The molecule has 1 aliphatic rings. The van der Waals surface area contributed by atoms with E-state index in [1.165, 1.54) is 32.6 Å². The molecule has 1 aromatic rings. The van der Waals surface area contributed by atoms with Crippen molar-refractivity contribution in [3.05, 3.63) is 35.9 Å². The molecule has 1 heterocycles. The molecule has 2 unspecified atom stereocenters. The summed E-state index contributed by atoms with van der Waals surface area (Å²) in [5, 5.41) is 8.45. The van der Waals surface area contributed by atoms with Crippen molar-refractivity contribution in [2.24, 2.45) is 0 Å². The Kier molecular flexibility index (Phi) is 13.6. The summed E-state index contributed by atoms with van der Waals surface area (Å²) in [6, 6.07) is 8.72. The first-order chi connectivity index (χ1) is 17.4. The second-order valence-electron chi connectivity index (χ2n) is 9.73. The topological polar surface area (TPSA) is 108 Å². The van der Waals surface area contributed by atoms with Gasteiger partial charge in [0.1, 0.15) is 6.04 Å². The molecule has 8 heteroatoms. The lowest BCUT2D eigenvalue weighted by molar-refractivity contribution is -0.147. The lowest BCUT2D eigenvalue weighted by Gasteiger charge is -2.38. The van der Waals surface area contributed by atoms with E-state index >= 15 is 0 Å². The van der Waals surface area contributed by atoms with Crippen molar-refractivity contribution in [3.8, 4) is 0 Å². The predicted molar refractivity (Wildman–Crippen MR) is 141 cm³/mol. The Morgan fingerprint density at radius 3 is 2.33 bits per heavy atom. The van der Waals surface area contributed by atoms with Gasteiger partial charge in [-0.15, -0.1) is 0 Å². The molecule has 8 nitrogen and oxygen atoms in total. The van der Waals surface area contributed by atoms with Crippen LogP contribution in [-0.2, 0) is 25.6 Å². The van der Waals surface area contributed by atoms with E-state index in [-0.39, 0.29) is 42.6 Å². The fourth-order valence-electron chi connectivity index (χ4n) is 4.60. The predicted octanol–water partition coefficient (Wildman–Crippen LogP) is 3.10. The average molecular weight is 501 g/mol. The number of piperazine rings is 1. The molecule has 0 bridgehead atoms. The van der Waals surface area contributed by atoms with E-state index < -0.39 is 6.04 Å². The highest BCUT2D eigenvalue weighted by Gasteiger charge is 2.37. The second kappa shape index (κ2) is 16.7. The molecule has 0 aliphatic carbocycles. The first-order valence-electron chi connectivity index (χ1n) is 13.6. The van der Waals surface area contributed by atoms with E-state index in [0.29, 0.717) is 32.4 Å². The minimum Gasteiger partial charge on any atom is -0.356 e. The van der Waals surface area contributed by atoms with Crippen LogP contribution in [0.1, 0.15) is 83.6 Å². The lowest BCUT2D eigenvalue weighted by atomic mass is 9.97. The second-order valence-corrected chi connectivity index (χ2v) is 9.73. The molecular formula is C28H44N4O4. The average Bonchev–Trinajstić information content (AvgIpc) is 2.85. The van der Waals surface area contributed by atoms with Crippen LogP contribution in [0.3, 0.4) is 0 Å². The summed E-state index contributed by atoms with van der Waals surface area (Å²) in [4.78, 5) is 51.3. The van der Waals surface area contributed by atoms with Crippen LogP contribution in [0.25, 0.3) is 0 Å². The highest BCUT2D eigenvalue weighted by atomic mass is 16.2. The minimum atomic E-state index is -0.620. The number of benzene rings is 1. The number of carbonyl (C=O) groups is 4. The molecule has 1 aromatic carbocycles. The molecule has 1 fully saturated rings. The third kappa shape index (κ3) is 11.2. The molecular weight excluding hydrogens is 456 g/mol. The molecule has 0 radical (unpaired) electrons. The van der Waals surface area contributed by atoms with Gasteiger partial charge in [0.15, 0.2) is 0 Å². The van der Waals surface area contributed by atoms with Crippen LogP contribution in [0.5, 0.6) is 0 Å². The number of rotatable bonds is 17. The Hall–Kier alpha value is -2.90. The Morgan fingerprint density at radius 1 is 0.972 bits per heavy atom. The zero-order valence-corrected chi connectivity index (χ0v) is 22.0. The fraction of sp³-hybridized carbons (Fsp3) is 0.643. The monoisotopic (exact) mass is 500 g/mol. The van der Waals surface area contributed by atoms with Crippen LogP contribution in [0.15, 0.2) is 30.3 Å². The van der Waals surface area contributed by atoms with Gasteiger partial charge in [-0.25, -0.2) is 0 Å². The van der Waals surface area contributed by atoms with Crippen molar-refractivity contribution in [2.75, 3.05) is 19.6 Å². The van der Waals surface area contributed by atoms with E-state index in [0.717, 1.165) is 24.8 Å². The van der Waals surface area contributed by atoms with E-state index in [4.69, 9.17) is 0 Å². The van der Waals surface area contributed by atoms with Crippen LogP contribution in [0.2, 0.25) is 0 Å². The van der Waals surface area contributed by atoms with E-state index in [1.54, 1.807) is 4.90 Å². The number of nitrogens with zero attached hydrogens (tertiary/aromatic N) is 1. The van der Waals surface area contributed by atoms with Crippen molar-refractivity contribution in [1.82, 2.24) is 20.9 Å². The van der Waals surface area contributed by atoms with Crippen LogP contribution in [0, 0.1) is 0 Å². The van der Waals surface area contributed by atoms with Gasteiger partial charge in [0.25, 0.3) is 0 Å². The van der Waals surface area contributed by atoms with Gasteiger partial charge in [0.05, 0.1) is 6.54 Å². The van der Waals surface area contributed by atoms with Crippen molar-refractivity contribution < 1.29 is 19.2 Å². The molecule has 0 aromatic heterocycles. The molecule has 2 atom stereocenters. The Balaban J connectivity index is 1.97. The van der Waals surface area contributed by atoms with Gasteiger partial charge >= 0.3 is 0 Å². The minimum absolute atomic E-state index is 0.0128. The van der Waals surface area contributed by atoms with Crippen LogP contribution in [-0.4, -0.2) is 60.2 Å². The summed E-state index contributed by atoms with van der Waals surface area (Å²) in [6.07, 6.45) is 9.98. The number of hydrogen-bond acceptors (Lipinski definition) is 4. The Labute approximate surface area is 216 Å². The molecule has 0 spiro atoms. The summed E-state index contributed by atoms with van der Waals surface area (Å²) in [7, 11) is 0. The smallest absolute Gasteiger partial charge is 0.246 e. The molecule has 1 saturated heterocycles. The molecule has 1 aliphatic heterocycles. The molecule has 36 heavy (non-hydrogen) atoms. The third-order valence-electron chi connectivity index (χ3n) is 6.57. The van der Waals surface area contributed by atoms with Crippen LogP contribution >= 0.6 is 0 Å². The van der Waals surface area contributed by atoms with E-state index in [1.807, 2.05) is 30.3 Å². The highest BCUT2D eigenvalue weighted by Crippen LogP contribution is 2.20. The van der Waals surface area contributed by atoms with E-state index in [9.17, 15) is 19.2 Å². The quantitative estimate of drug-likeness (QED) is 0.286. The van der Waals surface area contributed by atoms with Gasteiger partial charge in [-0.05, 0) is 18.4 Å². The van der Waals surface area contributed by atoms with Crippen molar-refractivity contribution in [3.63, 3.8) is 0 Å². The molecule has 3 N–H and O–H groups in total. The maximum Gasteiger partial charge on any atom is 0.246 e. The largest absolute Gasteiger partial charge is 0.356 e. The summed E-state index contributed by atoms with van der Waals surface area (Å²) in [5.41, 5.74) is 0.985. The van der Waals surface area contributed by atoms with Crippen molar-refractivity contribution in [2.45, 2.75) is 96.6 Å². The first-order valence-corrected chi connectivity index (χ1v) is 13.6. The van der Waals surface area contributed by atoms with Gasteiger partial charge in [-0.1, -0.05) is 82.2 Å². The van der Waals surface area contributed by atoms with E-state index in [2.05, 4.69) is 22.9 Å². The number of hydrogen-bond donors (Lipinski definition) is 3. The maximum absolute atomic E-state index is 13.4. The van der Waals surface area contributed by atoms with Crippen molar-refractivity contribution >= 4 is 23.6 Å². The zero-order chi connectivity index (χ0) is 26.2. The van der Waals surface area contributed by atoms with Gasteiger partial charge in [-0.3, -0.25) is 19.2 Å². The Morgan fingerprint density at radius 2 is 1.64 bits per heavy atom. The SMILES string of the molecule is CCCCCCCCCC(CC(=O)NCCCNC(C)=O)N1CC(=O)NC(Cc2ccccc2)C1=O. The third-order valence-corrected chi connectivity index (χ3v) is 6.57. The maximum atomic E-state index is 13.4. The highest BCUT2D eigenvalue weighted by molar-refractivity contribution is 5.95. The van der Waals surface area contributed by atoms with Gasteiger partial charge in [0.2, 0.25) is 23.6 Å². The number of carbonyl (C=O) groups excluding carboxylic acids is 4. The molecule has 200 valence electrons. The first kappa shape index (κ1) is 29.3. The molecule has 4 amide bonds. The van der Waals surface area contributed by atoms with Gasteiger partial charge in [-0.2, -0.15) is 0 Å². The zero-order valence-electron chi connectivity index (χ0n) is 22.0. The summed E-state index contributed by atoms with van der Waals surface area (Å²) < 4.78 is 0. The molecule has 0 saturated carbocycles. The Bertz CT molecular complexity index is 830. The van der Waals surface area contributed by atoms with Crippen LogP contribution < -0.4 is 16.0 Å². The van der Waals surface area contributed by atoms with Gasteiger partial charge in [0, 0.05) is 38.9 Å². The van der Waals surface area contributed by atoms with Gasteiger partial charge < -0.3 is 20.9 Å². The van der Waals surface area contributed by atoms with Crippen molar-refractivity contribution in [1.29, 1.82) is 0 Å². The number of nitrogens with one attached hydrogen (secondary N) is 3. The summed E-state index contributed by atoms with van der Waals surface area (Å²) in [6.45, 7) is 4.61. The lowest BCUT2D eigenvalue weighted by Crippen LogP contribution is -2.61. The number of amides is 4. The molecule has 2 rings (SSSR count). The standard InChI is InChI=1S/C28H44N4O4/c1-3-4-5-6-7-8-12-16-24(20-26(34)30-18-13-17-29-22(2)33)32-21-27(35)31-25(28(32)36)19-23-14-10-9-11-15-23/h9-11,14-15,24-25H,3-8,12-13,16-21H2,1-2H3,(H,29,33)(H,30,34)(H,31,35). The van der Waals surface area contributed by atoms with Crippen LogP contribution in [0.4, 0.5) is 0 Å². The normalized spacial score (nSPS) is 16.4. The fourth-order valence-corrected chi connectivity index (χ4v) is 4.60.